The Morgan fingerprint density at radius 3 is 2.62 bits per heavy atom. The van der Waals surface area contributed by atoms with Gasteiger partial charge in [0, 0.05) is 24.1 Å². The van der Waals surface area contributed by atoms with Crippen LogP contribution in [0.4, 0.5) is 10.5 Å². The Morgan fingerprint density at radius 1 is 1.27 bits per heavy atom. The van der Waals surface area contributed by atoms with Crippen molar-refractivity contribution in [3.05, 3.63) is 70.4 Å². The van der Waals surface area contributed by atoms with Crippen LogP contribution in [-0.2, 0) is 4.74 Å². The van der Waals surface area contributed by atoms with Crippen LogP contribution in [-0.4, -0.2) is 22.9 Å². The summed E-state index contributed by atoms with van der Waals surface area (Å²) in [4.78, 5) is 23.0. The molecule has 2 amide bonds. The number of carbonyl (C=O) groups excluding carboxylic acids is 2. The molecular weight excluding hydrogens is 340 g/mol. The van der Waals surface area contributed by atoms with E-state index in [1.807, 2.05) is 0 Å². The van der Waals surface area contributed by atoms with Gasteiger partial charge in [-0.3, -0.25) is 0 Å². The molecule has 0 saturated carbocycles. The molecule has 1 aliphatic heterocycles. The molecule has 26 heavy (non-hydrogen) atoms. The molecular formula is C17H16N4O5. The number of hydrogen-bond donors (Lipinski definition) is 4. The van der Waals surface area contributed by atoms with Gasteiger partial charge in [-0.1, -0.05) is 18.2 Å². The van der Waals surface area contributed by atoms with Crippen LogP contribution >= 0.6 is 0 Å². The first-order valence-electron chi connectivity index (χ1n) is 7.71. The van der Waals surface area contributed by atoms with Gasteiger partial charge in [-0.25, -0.2) is 20.2 Å². The summed E-state index contributed by atoms with van der Waals surface area (Å²) in [7, 11) is 0. The molecule has 0 aliphatic carbocycles. The predicted octanol–water partition coefficient (Wildman–Crippen LogP) is 0.764. The Morgan fingerprint density at radius 2 is 1.96 bits per heavy atom. The number of amides is 2. The van der Waals surface area contributed by atoms with Crippen molar-refractivity contribution in [2.24, 2.45) is 10.8 Å². The van der Waals surface area contributed by atoms with E-state index in [0.29, 0.717) is 16.8 Å². The van der Waals surface area contributed by atoms with E-state index < -0.39 is 23.3 Å². The third-order valence-electron chi connectivity index (χ3n) is 3.92. The highest BCUT2D eigenvalue weighted by Gasteiger charge is 2.31. The maximum atomic E-state index is 12.0. The minimum Gasteiger partial charge on any atom is -0.595 e. The van der Waals surface area contributed by atoms with E-state index in [4.69, 9.17) is 15.7 Å². The number of hydrazone groups is 1. The quantitative estimate of drug-likeness (QED) is 0.355. The third kappa shape index (κ3) is 3.70. The number of nitrogens with one attached hydrogen (secondary N) is 2. The summed E-state index contributed by atoms with van der Waals surface area (Å²) >= 11 is 0. The molecule has 9 heteroatoms. The average Bonchev–Trinajstić information content (AvgIpc) is 2.95. The molecule has 2 unspecified atom stereocenters. The van der Waals surface area contributed by atoms with E-state index in [2.05, 4.69) is 10.5 Å². The second-order valence-electron chi connectivity index (χ2n) is 5.60. The van der Waals surface area contributed by atoms with Gasteiger partial charge in [0.05, 0.1) is 11.3 Å². The first-order chi connectivity index (χ1) is 12.5. The third-order valence-corrected chi connectivity index (χ3v) is 3.92. The number of nitrogens with two attached hydrogens (primary N) is 1. The zero-order valence-corrected chi connectivity index (χ0v) is 13.5. The number of primary amides is 1. The molecule has 3 rings (SSSR count). The van der Waals surface area contributed by atoms with Gasteiger partial charge in [0.15, 0.2) is 5.69 Å². The monoisotopic (exact) mass is 356 g/mol. The fraction of sp³-hybridized carbons (Fsp3) is 0.118. The van der Waals surface area contributed by atoms with Gasteiger partial charge in [0.2, 0.25) is 0 Å². The number of urea groups is 1. The Hall–Kier alpha value is -3.27. The highest BCUT2D eigenvalue weighted by atomic mass is 16.8. The smallest absolute Gasteiger partial charge is 0.339 e. The summed E-state index contributed by atoms with van der Waals surface area (Å²) in [6, 6.07) is 12.1. The zero-order valence-electron chi connectivity index (χ0n) is 13.5. The number of fused-ring (bicyclic) bond motifs is 1. The molecule has 134 valence electrons. The van der Waals surface area contributed by atoms with Gasteiger partial charge in [0.25, 0.3) is 0 Å². The second kappa shape index (κ2) is 7.31. The van der Waals surface area contributed by atoms with Crippen molar-refractivity contribution in [2.45, 2.75) is 12.5 Å². The summed E-state index contributed by atoms with van der Waals surface area (Å²) in [5, 5.41) is 22.9. The zero-order chi connectivity index (χ0) is 18.7. The van der Waals surface area contributed by atoms with Crippen molar-refractivity contribution in [3.63, 3.8) is 0 Å². The molecule has 2 atom stereocenters. The van der Waals surface area contributed by atoms with E-state index in [1.165, 1.54) is 12.1 Å². The highest BCUT2D eigenvalue weighted by molar-refractivity contribution is 6.02. The van der Waals surface area contributed by atoms with Crippen molar-refractivity contribution < 1.29 is 24.8 Å². The molecule has 2 aromatic carbocycles. The first-order valence-corrected chi connectivity index (χ1v) is 7.71. The van der Waals surface area contributed by atoms with Gasteiger partial charge < -0.3 is 15.7 Å². The molecule has 0 aromatic heterocycles. The Kier molecular flexibility index (Phi) is 4.94. The van der Waals surface area contributed by atoms with Gasteiger partial charge >= 0.3 is 12.0 Å². The number of esters is 1. The first kappa shape index (κ1) is 17.5. The molecule has 1 heterocycles. The average molecular weight is 356 g/mol. The lowest BCUT2D eigenvalue weighted by molar-refractivity contribution is -0.991. The van der Waals surface area contributed by atoms with Crippen molar-refractivity contribution in [2.75, 3.05) is 0 Å². The summed E-state index contributed by atoms with van der Waals surface area (Å²) in [5.41, 5.74) is 9.54. The second-order valence-corrected chi connectivity index (χ2v) is 5.60. The topological polar surface area (TPSA) is 142 Å². The Bertz CT molecular complexity index is 864. The van der Waals surface area contributed by atoms with Gasteiger partial charge in [-0.2, -0.15) is 10.3 Å². The maximum Gasteiger partial charge on any atom is 0.339 e. The van der Waals surface area contributed by atoms with Crippen molar-refractivity contribution in [3.8, 4) is 0 Å². The van der Waals surface area contributed by atoms with Crippen LogP contribution in [0.15, 0.2) is 53.6 Å². The highest BCUT2D eigenvalue weighted by Crippen LogP contribution is 2.33. The van der Waals surface area contributed by atoms with Crippen LogP contribution in [0, 0.1) is 5.21 Å². The number of nitrogens with zero attached hydrogens (tertiary/aromatic N) is 1. The van der Waals surface area contributed by atoms with Gasteiger partial charge in [-0.15, -0.1) is 0 Å². The summed E-state index contributed by atoms with van der Waals surface area (Å²) in [6.45, 7) is 0. The van der Waals surface area contributed by atoms with Gasteiger partial charge in [-0.05, 0) is 23.8 Å². The van der Waals surface area contributed by atoms with Crippen molar-refractivity contribution >= 4 is 23.4 Å². The number of cyclic esters (lactones) is 1. The molecule has 2 aromatic rings. The van der Waals surface area contributed by atoms with Gasteiger partial charge in [0.1, 0.15) is 6.10 Å². The maximum absolute atomic E-state index is 12.0. The summed E-state index contributed by atoms with van der Waals surface area (Å²) in [5.74, 6) is -0.422. The van der Waals surface area contributed by atoms with E-state index >= 15 is 0 Å². The summed E-state index contributed by atoms with van der Waals surface area (Å²) in [6.07, 6.45) is -0.374. The molecule has 1 aliphatic rings. The van der Waals surface area contributed by atoms with Crippen LogP contribution in [0.1, 0.15) is 34.0 Å². The standard InChI is InChI=1S/C17H16N4O5/c18-17(23)20-19-14(10-5-7-11(8-6-10)21(24)25)9-15-12-3-1-2-4-13(12)16(22)26-15/h1-8,15,21,24H,9H2,(H3,18,20,23)/b19-14-. The predicted molar refractivity (Wildman–Crippen MR) is 90.7 cm³/mol. The number of ether oxygens (including phenoxy) is 1. The number of carbonyl (C=O) groups is 2. The van der Waals surface area contributed by atoms with E-state index in [1.54, 1.807) is 36.4 Å². The fourth-order valence-electron chi connectivity index (χ4n) is 2.70. The molecule has 0 bridgehead atoms. The molecule has 9 nitrogen and oxygen atoms in total. The number of quaternary nitrogens is 1. The van der Waals surface area contributed by atoms with Crippen molar-refractivity contribution in [1.29, 1.82) is 0 Å². The molecule has 0 saturated heterocycles. The number of benzene rings is 2. The number of hydrogen-bond acceptors (Lipinski definition) is 6. The lowest BCUT2D eigenvalue weighted by atomic mass is 9.98. The summed E-state index contributed by atoms with van der Waals surface area (Å²) < 4.78 is 5.39. The largest absolute Gasteiger partial charge is 0.595 e. The lowest BCUT2D eigenvalue weighted by Crippen LogP contribution is -2.99. The normalized spacial score (nSPS) is 17.4. The van der Waals surface area contributed by atoms with Crippen LogP contribution < -0.4 is 16.4 Å². The SMILES string of the molecule is NC(=O)N/N=C(/CC1OC(=O)c2ccccc21)c1ccc([NH+]([O-])O)cc1. The Balaban J connectivity index is 1.89. The van der Waals surface area contributed by atoms with Crippen LogP contribution in [0.5, 0.6) is 0 Å². The Labute approximate surface area is 148 Å². The molecule has 5 N–H and O–H groups in total. The van der Waals surface area contributed by atoms with E-state index in [0.717, 1.165) is 5.56 Å². The minimum absolute atomic E-state index is 0.119. The lowest BCUT2D eigenvalue weighted by Gasteiger charge is -2.15. The van der Waals surface area contributed by atoms with Crippen LogP contribution in [0.2, 0.25) is 0 Å². The minimum atomic E-state index is -1.05. The van der Waals surface area contributed by atoms with E-state index in [-0.39, 0.29) is 12.1 Å². The van der Waals surface area contributed by atoms with Crippen molar-refractivity contribution in [1.82, 2.24) is 5.43 Å². The molecule has 0 spiro atoms. The van der Waals surface area contributed by atoms with Crippen LogP contribution in [0.3, 0.4) is 0 Å². The number of rotatable bonds is 5. The fourth-order valence-corrected chi connectivity index (χ4v) is 2.70. The van der Waals surface area contributed by atoms with Crippen LogP contribution in [0.25, 0.3) is 0 Å². The molecule has 0 radical (unpaired) electrons. The molecule has 0 fully saturated rings. The van der Waals surface area contributed by atoms with E-state index in [9.17, 15) is 14.8 Å².